The molecule has 0 aromatic heterocycles. The summed E-state index contributed by atoms with van der Waals surface area (Å²) in [7, 11) is 0. The molecule has 0 atom stereocenters. The molecule has 1 heterocycles. The maximum absolute atomic E-state index is 12.3. The van der Waals surface area contributed by atoms with Crippen molar-refractivity contribution in [1.29, 1.82) is 0 Å². The highest BCUT2D eigenvalue weighted by molar-refractivity contribution is 6.42. The van der Waals surface area contributed by atoms with Crippen LogP contribution in [0.25, 0.3) is 0 Å². The van der Waals surface area contributed by atoms with Crippen molar-refractivity contribution in [1.82, 2.24) is 10.2 Å². The molecule has 156 valence electrons. The molecule has 1 N–H and O–H groups in total. The largest absolute Gasteiger partial charge is 0.489 e. The zero-order valence-corrected chi connectivity index (χ0v) is 18.5. The fourth-order valence-corrected chi connectivity index (χ4v) is 3.74. The monoisotopic (exact) mass is 434 g/mol. The van der Waals surface area contributed by atoms with E-state index in [0.717, 1.165) is 43.8 Å². The Kier molecular flexibility index (Phi) is 7.82. The van der Waals surface area contributed by atoms with E-state index in [9.17, 15) is 4.79 Å². The summed E-state index contributed by atoms with van der Waals surface area (Å²) in [5.74, 6) is 1.12. The van der Waals surface area contributed by atoms with E-state index in [1.165, 1.54) is 5.56 Å². The molecule has 1 aliphatic heterocycles. The zero-order valence-electron chi connectivity index (χ0n) is 17.0. The quantitative estimate of drug-likeness (QED) is 0.581. The zero-order chi connectivity index (χ0) is 20.8. The summed E-state index contributed by atoms with van der Waals surface area (Å²) in [5.41, 5.74) is 2.19. The van der Waals surface area contributed by atoms with Crippen LogP contribution in [0.2, 0.25) is 10.0 Å². The first-order valence-electron chi connectivity index (χ1n) is 10.2. The van der Waals surface area contributed by atoms with Gasteiger partial charge >= 0.3 is 0 Å². The van der Waals surface area contributed by atoms with Gasteiger partial charge in [0.1, 0.15) is 12.4 Å². The van der Waals surface area contributed by atoms with Gasteiger partial charge in [0.15, 0.2) is 0 Å². The molecule has 2 aromatic rings. The molecule has 0 spiro atoms. The summed E-state index contributed by atoms with van der Waals surface area (Å²) in [5, 5.41) is 4.22. The van der Waals surface area contributed by atoms with Crippen LogP contribution in [0.1, 0.15) is 37.8 Å². The molecule has 3 rings (SSSR count). The van der Waals surface area contributed by atoms with Gasteiger partial charge in [-0.05, 0) is 48.2 Å². The number of nitrogens with one attached hydrogen (secondary N) is 1. The number of carbonyl (C=O) groups is 1. The van der Waals surface area contributed by atoms with Crippen molar-refractivity contribution in [3.8, 4) is 5.75 Å². The predicted octanol–water partition coefficient (Wildman–Crippen LogP) is 5.31. The van der Waals surface area contributed by atoms with Crippen molar-refractivity contribution in [3.05, 3.63) is 63.6 Å². The molecule has 1 fully saturated rings. The molecule has 6 heteroatoms. The Morgan fingerprint density at radius 2 is 1.72 bits per heavy atom. The van der Waals surface area contributed by atoms with E-state index in [1.807, 2.05) is 24.3 Å². The number of carbonyl (C=O) groups excluding carboxylic acids is 1. The molecular weight excluding hydrogens is 407 g/mol. The Morgan fingerprint density at radius 1 is 1.07 bits per heavy atom. The molecule has 1 aliphatic rings. The molecule has 0 radical (unpaired) electrons. The summed E-state index contributed by atoms with van der Waals surface area (Å²) in [4.78, 5) is 14.5. The minimum absolute atomic E-state index is 0.115. The fraction of sp³-hybridized carbons (Fsp3) is 0.435. The number of hydrogen-bond acceptors (Lipinski definition) is 3. The maximum Gasteiger partial charge on any atom is 0.225 e. The van der Waals surface area contributed by atoms with E-state index in [4.69, 9.17) is 27.9 Å². The first-order valence-corrected chi connectivity index (χ1v) is 10.9. The second-order valence-electron chi connectivity index (χ2n) is 7.59. The van der Waals surface area contributed by atoms with E-state index >= 15 is 0 Å². The average molecular weight is 435 g/mol. The third-order valence-electron chi connectivity index (χ3n) is 5.38. The Morgan fingerprint density at radius 3 is 2.34 bits per heavy atom. The highest BCUT2D eigenvalue weighted by Gasteiger charge is 2.32. The Balaban J connectivity index is 1.42. The molecule has 4 nitrogen and oxygen atoms in total. The van der Waals surface area contributed by atoms with Gasteiger partial charge in [0.25, 0.3) is 0 Å². The first kappa shape index (κ1) is 21.9. The van der Waals surface area contributed by atoms with Gasteiger partial charge in [0.2, 0.25) is 5.91 Å². The van der Waals surface area contributed by atoms with Crippen LogP contribution >= 0.6 is 23.2 Å². The molecule has 1 amide bonds. The van der Waals surface area contributed by atoms with Crippen LogP contribution in [0.3, 0.4) is 0 Å². The van der Waals surface area contributed by atoms with Crippen LogP contribution in [0.5, 0.6) is 5.75 Å². The lowest BCUT2D eigenvalue weighted by molar-refractivity contribution is -0.131. The van der Waals surface area contributed by atoms with Crippen molar-refractivity contribution >= 4 is 29.1 Å². The van der Waals surface area contributed by atoms with Crippen LogP contribution in [0, 0.1) is 5.92 Å². The summed E-state index contributed by atoms with van der Waals surface area (Å²) >= 11 is 12.0. The van der Waals surface area contributed by atoms with E-state index < -0.39 is 0 Å². The third-order valence-corrected chi connectivity index (χ3v) is 6.12. The lowest BCUT2D eigenvalue weighted by Gasteiger charge is -2.38. The third kappa shape index (κ3) is 6.11. The van der Waals surface area contributed by atoms with E-state index in [1.54, 1.807) is 6.07 Å². The van der Waals surface area contributed by atoms with Crippen molar-refractivity contribution < 1.29 is 9.53 Å². The van der Waals surface area contributed by atoms with Crippen molar-refractivity contribution in [3.63, 3.8) is 0 Å². The Labute approximate surface area is 183 Å². The lowest BCUT2D eigenvalue weighted by Crippen LogP contribution is -2.54. The van der Waals surface area contributed by atoms with Crippen molar-refractivity contribution in [2.75, 3.05) is 13.1 Å². The fourth-order valence-electron chi connectivity index (χ4n) is 3.42. The molecule has 0 aliphatic carbocycles. The molecule has 0 bridgehead atoms. The number of halogens is 2. The van der Waals surface area contributed by atoms with Gasteiger partial charge in [-0.25, -0.2) is 0 Å². The van der Waals surface area contributed by atoms with Gasteiger partial charge in [-0.2, -0.15) is 0 Å². The van der Waals surface area contributed by atoms with Gasteiger partial charge in [-0.15, -0.1) is 0 Å². The van der Waals surface area contributed by atoms with Crippen LogP contribution in [0.4, 0.5) is 0 Å². The summed E-state index contributed by atoms with van der Waals surface area (Å²) < 4.78 is 5.83. The van der Waals surface area contributed by atoms with Crippen molar-refractivity contribution in [2.45, 2.75) is 45.9 Å². The van der Waals surface area contributed by atoms with Crippen LogP contribution in [-0.2, 0) is 17.9 Å². The maximum atomic E-state index is 12.3. The summed E-state index contributed by atoms with van der Waals surface area (Å²) in [6.07, 6.45) is 1.97. The van der Waals surface area contributed by atoms with Crippen LogP contribution < -0.4 is 10.1 Å². The van der Waals surface area contributed by atoms with E-state index in [2.05, 4.69) is 36.2 Å². The Bertz CT molecular complexity index is 816. The molecule has 0 saturated carbocycles. The summed E-state index contributed by atoms with van der Waals surface area (Å²) in [6.45, 7) is 7.15. The number of nitrogens with zero attached hydrogens (tertiary/aromatic N) is 1. The number of amides is 1. The topological polar surface area (TPSA) is 41.6 Å². The normalized spacial score (nSPS) is 14.7. The minimum Gasteiger partial charge on any atom is -0.489 e. The van der Waals surface area contributed by atoms with Gasteiger partial charge in [0.05, 0.1) is 16.0 Å². The number of benzene rings is 2. The molecule has 0 unspecified atom stereocenters. The summed E-state index contributed by atoms with van der Waals surface area (Å²) in [6, 6.07) is 13.9. The van der Waals surface area contributed by atoms with Gasteiger partial charge in [-0.1, -0.05) is 55.2 Å². The predicted molar refractivity (Wildman–Crippen MR) is 119 cm³/mol. The molecule has 2 aromatic carbocycles. The van der Waals surface area contributed by atoms with Crippen LogP contribution in [0.15, 0.2) is 42.5 Å². The number of rotatable bonds is 9. The van der Waals surface area contributed by atoms with Crippen LogP contribution in [-0.4, -0.2) is 29.9 Å². The minimum atomic E-state index is 0.115. The molecular formula is C23H28Cl2N2O2. The van der Waals surface area contributed by atoms with Gasteiger partial charge in [-0.3, -0.25) is 9.69 Å². The van der Waals surface area contributed by atoms with Crippen molar-refractivity contribution in [2.24, 2.45) is 5.92 Å². The highest BCUT2D eigenvalue weighted by Crippen LogP contribution is 2.24. The first-order chi connectivity index (χ1) is 14.0. The number of likely N-dealkylation sites (tertiary alicyclic amines) is 1. The van der Waals surface area contributed by atoms with E-state index in [0.29, 0.717) is 22.7 Å². The smallest absolute Gasteiger partial charge is 0.225 e. The number of hydrogen-bond donors (Lipinski definition) is 1. The van der Waals surface area contributed by atoms with Gasteiger partial charge in [0, 0.05) is 25.7 Å². The van der Waals surface area contributed by atoms with Gasteiger partial charge < -0.3 is 10.1 Å². The average Bonchev–Trinajstić information content (AvgIpc) is 2.70. The highest BCUT2D eigenvalue weighted by atomic mass is 35.5. The Hall–Kier alpha value is -1.75. The second kappa shape index (κ2) is 10.3. The SMILES string of the molecule is CCC(CC)NC(=O)C1CN(Cc2ccc(OCc3ccc(Cl)c(Cl)c3)cc2)C1. The second-order valence-corrected chi connectivity index (χ2v) is 8.41. The van der Waals surface area contributed by atoms with E-state index in [-0.39, 0.29) is 11.8 Å². The molecule has 29 heavy (non-hydrogen) atoms. The molecule has 1 saturated heterocycles. The number of ether oxygens (including phenoxy) is 1. The lowest BCUT2D eigenvalue weighted by atomic mass is 9.97. The standard InChI is InChI=1S/C23H28Cl2N2O2/c1-3-19(4-2)26-23(28)18-13-27(14-18)12-16-5-8-20(9-6-16)29-15-17-7-10-21(24)22(25)11-17/h5-11,18-19H,3-4,12-15H2,1-2H3,(H,26,28).